The SMILES string of the molecule is CCCOc1cncc(NC(CCN)C(C)C)n1. The zero-order valence-corrected chi connectivity index (χ0v) is 11.5. The van der Waals surface area contributed by atoms with Crippen LogP contribution in [-0.2, 0) is 0 Å². The van der Waals surface area contributed by atoms with Crippen LogP contribution in [0, 0.1) is 5.92 Å². The zero-order chi connectivity index (χ0) is 13.4. The zero-order valence-electron chi connectivity index (χ0n) is 11.5. The molecule has 1 aromatic heterocycles. The molecule has 0 saturated heterocycles. The maximum atomic E-state index is 5.62. The van der Waals surface area contributed by atoms with E-state index in [-0.39, 0.29) is 0 Å². The molecule has 18 heavy (non-hydrogen) atoms. The molecular weight excluding hydrogens is 228 g/mol. The monoisotopic (exact) mass is 252 g/mol. The lowest BCUT2D eigenvalue weighted by atomic mass is 10.0. The lowest BCUT2D eigenvalue weighted by Crippen LogP contribution is -2.28. The van der Waals surface area contributed by atoms with E-state index in [4.69, 9.17) is 10.5 Å². The second-order valence-corrected chi connectivity index (χ2v) is 4.66. The van der Waals surface area contributed by atoms with Crippen molar-refractivity contribution < 1.29 is 4.74 Å². The van der Waals surface area contributed by atoms with Gasteiger partial charge in [-0.05, 0) is 25.3 Å². The van der Waals surface area contributed by atoms with E-state index in [2.05, 4.69) is 36.1 Å². The van der Waals surface area contributed by atoms with Gasteiger partial charge in [-0.3, -0.25) is 4.98 Å². The molecule has 0 amide bonds. The van der Waals surface area contributed by atoms with E-state index in [0.717, 1.165) is 18.7 Å². The first-order valence-corrected chi connectivity index (χ1v) is 6.58. The molecule has 1 unspecified atom stereocenters. The Morgan fingerprint density at radius 3 is 2.78 bits per heavy atom. The fourth-order valence-corrected chi connectivity index (χ4v) is 1.64. The Balaban J connectivity index is 2.64. The summed E-state index contributed by atoms with van der Waals surface area (Å²) in [6.45, 7) is 7.71. The molecular formula is C13H24N4O. The molecule has 102 valence electrons. The molecule has 1 atom stereocenters. The molecule has 1 aromatic rings. The number of nitrogens with two attached hydrogens (primary N) is 1. The minimum Gasteiger partial charge on any atom is -0.477 e. The van der Waals surface area contributed by atoms with E-state index in [1.807, 2.05) is 0 Å². The van der Waals surface area contributed by atoms with Crippen molar-refractivity contribution in [1.29, 1.82) is 0 Å². The molecule has 0 spiro atoms. The van der Waals surface area contributed by atoms with Crippen molar-refractivity contribution in [2.45, 2.75) is 39.7 Å². The third-order valence-electron chi connectivity index (χ3n) is 2.68. The Morgan fingerprint density at radius 1 is 1.39 bits per heavy atom. The standard InChI is InChI=1S/C13H24N4O/c1-4-7-18-13-9-15-8-12(17-13)16-11(5-6-14)10(2)3/h8-11H,4-7,14H2,1-3H3,(H,16,17). The van der Waals surface area contributed by atoms with Crippen molar-refractivity contribution in [2.75, 3.05) is 18.5 Å². The van der Waals surface area contributed by atoms with E-state index >= 15 is 0 Å². The van der Waals surface area contributed by atoms with E-state index in [1.165, 1.54) is 0 Å². The molecule has 0 fully saturated rings. The highest BCUT2D eigenvalue weighted by molar-refractivity contribution is 5.34. The number of aromatic nitrogens is 2. The van der Waals surface area contributed by atoms with Crippen molar-refractivity contribution in [2.24, 2.45) is 11.7 Å². The number of nitrogens with zero attached hydrogens (tertiary/aromatic N) is 2. The van der Waals surface area contributed by atoms with Gasteiger partial charge < -0.3 is 15.8 Å². The van der Waals surface area contributed by atoms with Crippen LogP contribution in [0.4, 0.5) is 5.82 Å². The highest BCUT2D eigenvalue weighted by atomic mass is 16.5. The van der Waals surface area contributed by atoms with Crippen LogP contribution in [-0.4, -0.2) is 29.2 Å². The first-order valence-electron chi connectivity index (χ1n) is 6.58. The lowest BCUT2D eigenvalue weighted by molar-refractivity contribution is 0.304. The summed E-state index contributed by atoms with van der Waals surface area (Å²) in [6.07, 6.45) is 5.22. The third-order valence-corrected chi connectivity index (χ3v) is 2.68. The Morgan fingerprint density at radius 2 is 2.17 bits per heavy atom. The van der Waals surface area contributed by atoms with E-state index in [0.29, 0.717) is 31.0 Å². The minimum absolute atomic E-state index is 0.311. The molecule has 0 aliphatic heterocycles. The number of rotatable bonds is 8. The molecule has 0 saturated carbocycles. The van der Waals surface area contributed by atoms with Gasteiger partial charge in [0.15, 0.2) is 0 Å². The van der Waals surface area contributed by atoms with Crippen molar-refractivity contribution >= 4 is 5.82 Å². The first-order chi connectivity index (χ1) is 8.67. The molecule has 0 bridgehead atoms. The van der Waals surface area contributed by atoms with Crippen molar-refractivity contribution in [3.05, 3.63) is 12.4 Å². The number of hydrogen-bond donors (Lipinski definition) is 2. The third kappa shape index (κ3) is 4.87. The van der Waals surface area contributed by atoms with Gasteiger partial charge in [0.25, 0.3) is 0 Å². The van der Waals surface area contributed by atoms with Gasteiger partial charge in [0, 0.05) is 6.04 Å². The van der Waals surface area contributed by atoms with Gasteiger partial charge in [0.2, 0.25) is 5.88 Å². The van der Waals surface area contributed by atoms with E-state index in [9.17, 15) is 0 Å². The molecule has 0 aliphatic rings. The average Bonchev–Trinajstić information content (AvgIpc) is 2.36. The van der Waals surface area contributed by atoms with Crippen LogP contribution in [0.2, 0.25) is 0 Å². The summed E-state index contributed by atoms with van der Waals surface area (Å²) < 4.78 is 5.46. The van der Waals surface area contributed by atoms with Crippen LogP contribution in [0.3, 0.4) is 0 Å². The van der Waals surface area contributed by atoms with E-state index < -0.39 is 0 Å². The summed E-state index contributed by atoms with van der Waals surface area (Å²) in [4.78, 5) is 8.51. The molecule has 0 aliphatic carbocycles. The Labute approximate surface area is 109 Å². The second kappa shape index (κ2) is 7.87. The molecule has 0 radical (unpaired) electrons. The molecule has 1 heterocycles. The van der Waals surface area contributed by atoms with E-state index in [1.54, 1.807) is 12.4 Å². The van der Waals surface area contributed by atoms with Crippen LogP contribution in [0.5, 0.6) is 5.88 Å². The summed E-state index contributed by atoms with van der Waals surface area (Å²) in [5, 5.41) is 3.36. The lowest BCUT2D eigenvalue weighted by Gasteiger charge is -2.22. The minimum atomic E-state index is 0.311. The number of anilines is 1. The maximum absolute atomic E-state index is 5.62. The first kappa shape index (κ1) is 14.7. The normalized spacial score (nSPS) is 12.5. The van der Waals surface area contributed by atoms with Gasteiger partial charge >= 0.3 is 0 Å². The van der Waals surface area contributed by atoms with Gasteiger partial charge in [-0.15, -0.1) is 0 Å². The smallest absolute Gasteiger partial charge is 0.234 e. The molecule has 5 heteroatoms. The number of hydrogen-bond acceptors (Lipinski definition) is 5. The largest absolute Gasteiger partial charge is 0.477 e. The van der Waals surface area contributed by atoms with Crippen molar-refractivity contribution in [3.8, 4) is 5.88 Å². The van der Waals surface area contributed by atoms with Crippen molar-refractivity contribution in [1.82, 2.24) is 9.97 Å². The van der Waals surface area contributed by atoms with Gasteiger partial charge in [-0.2, -0.15) is 4.98 Å². The maximum Gasteiger partial charge on any atom is 0.234 e. The fraction of sp³-hybridized carbons (Fsp3) is 0.692. The van der Waals surface area contributed by atoms with Crippen LogP contribution >= 0.6 is 0 Å². The van der Waals surface area contributed by atoms with Gasteiger partial charge in [-0.25, -0.2) is 0 Å². The number of nitrogens with one attached hydrogen (secondary N) is 1. The van der Waals surface area contributed by atoms with Crippen LogP contribution in [0.15, 0.2) is 12.4 Å². The predicted molar refractivity (Wildman–Crippen MR) is 73.7 cm³/mol. The summed E-state index contributed by atoms with van der Waals surface area (Å²) in [5.74, 6) is 1.81. The van der Waals surface area contributed by atoms with Crippen LogP contribution in [0.25, 0.3) is 0 Å². The quantitative estimate of drug-likeness (QED) is 0.740. The van der Waals surface area contributed by atoms with Crippen LogP contribution in [0.1, 0.15) is 33.6 Å². The van der Waals surface area contributed by atoms with Gasteiger partial charge in [0.1, 0.15) is 5.82 Å². The summed E-state index contributed by atoms with van der Waals surface area (Å²) in [5.41, 5.74) is 5.62. The topological polar surface area (TPSA) is 73.1 Å². The average molecular weight is 252 g/mol. The molecule has 5 nitrogen and oxygen atoms in total. The molecule has 0 aromatic carbocycles. The van der Waals surface area contributed by atoms with Gasteiger partial charge in [0.05, 0.1) is 19.0 Å². The highest BCUT2D eigenvalue weighted by Gasteiger charge is 2.13. The van der Waals surface area contributed by atoms with Crippen molar-refractivity contribution in [3.63, 3.8) is 0 Å². The Bertz CT molecular complexity index is 344. The van der Waals surface area contributed by atoms with Crippen LogP contribution < -0.4 is 15.8 Å². The molecule has 3 N–H and O–H groups in total. The second-order valence-electron chi connectivity index (χ2n) is 4.66. The summed E-state index contributed by atoms with van der Waals surface area (Å²) in [7, 11) is 0. The molecule has 1 rings (SSSR count). The highest BCUT2D eigenvalue weighted by Crippen LogP contribution is 2.15. The Kier molecular flexibility index (Phi) is 6.43. The predicted octanol–water partition coefficient (Wildman–Crippen LogP) is 2.05. The summed E-state index contributed by atoms with van der Waals surface area (Å²) in [6, 6.07) is 0.311. The Hall–Kier alpha value is -1.36. The number of ether oxygens (including phenoxy) is 1. The summed E-state index contributed by atoms with van der Waals surface area (Å²) >= 11 is 0. The van der Waals surface area contributed by atoms with Gasteiger partial charge in [-0.1, -0.05) is 20.8 Å². The fourth-order valence-electron chi connectivity index (χ4n) is 1.64.